The molecule has 0 bridgehead atoms. The summed E-state index contributed by atoms with van der Waals surface area (Å²) < 4.78 is 0. The van der Waals surface area contributed by atoms with Crippen molar-refractivity contribution in [3.8, 4) is 11.4 Å². The SMILES string of the molecule is CC(CCNC(=O)c1cnc(-c2ccccc2)nc1)c1ccccc1. The van der Waals surface area contributed by atoms with Crippen LogP contribution in [-0.2, 0) is 0 Å². The first-order valence-electron chi connectivity index (χ1n) is 8.44. The van der Waals surface area contributed by atoms with Crippen LogP contribution in [0.25, 0.3) is 11.4 Å². The second-order valence-electron chi connectivity index (χ2n) is 6.02. The minimum Gasteiger partial charge on any atom is -0.352 e. The van der Waals surface area contributed by atoms with E-state index in [0.29, 0.717) is 23.9 Å². The van der Waals surface area contributed by atoms with Crippen molar-refractivity contribution in [1.82, 2.24) is 15.3 Å². The number of nitrogens with one attached hydrogen (secondary N) is 1. The first-order chi connectivity index (χ1) is 12.2. The minimum absolute atomic E-state index is 0.139. The molecule has 0 aliphatic carbocycles. The molecule has 4 heteroatoms. The molecular weight excluding hydrogens is 310 g/mol. The molecule has 2 aromatic carbocycles. The molecule has 0 saturated carbocycles. The van der Waals surface area contributed by atoms with E-state index in [-0.39, 0.29) is 5.91 Å². The average molecular weight is 331 g/mol. The second-order valence-corrected chi connectivity index (χ2v) is 6.02. The average Bonchev–Trinajstić information content (AvgIpc) is 2.69. The Bertz CT molecular complexity index is 802. The van der Waals surface area contributed by atoms with Crippen LogP contribution in [0.1, 0.15) is 35.2 Å². The molecule has 1 heterocycles. The zero-order chi connectivity index (χ0) is 17.5. The zero-order valence-corrected chi connectivity index (χ0v) is 14.2. The topological polar surface area (TPSA) is 54.9 Å². The number of amides is 1. The van der Waals surface area contributed by atoms with Crippen LogP contribution < -0.4 is 5.32 Å². The Balaban J connectivity index is 1.53. The highest BCUT2D eigenvalue weighted by molar-refractivity contribution is 5.93. The molecule has 0 aliphatic rings. The zero-order valence-electron chi connectivity index (χ0n) is 14.2. The van der Waals surface area contributed by atoms with Crippen molar-refractivity contribution < 1.29 is 4.79 Å². The van der Waals surface area contributed by atoms with Crippen LogP contribution in [0.2, 0.25) is 0 Å². The van der Waals surface area contributed by atoms with Crippen molar-refractivity contribution in [2.75, 3.05) is 6.54 Å². The number of nitrogens with zero attached hydrogens (tertiary/aromatic N) is 2. The summed E-state index contributed by atoms with van der Waals surface area (Å²) in [4.78, 5) is 20.8. The van der Waals surface area contributed by atoms with Gasteiger partial charge in [0.15, 0.2) is 5.82 Å². The van der Waals surface area contributed by atoms with Gasteiger partial charge in [-0.1, -0.05) is 67.6 Å². The van der Waals surface area contributed by atoms with Gasteiger partial charge in [-0.2, -0.15) is 0 Å². The maximum Gasteiger partial charge on any atom is 0.254 e. The van der Waals surface area contributed by atoms with Crippen LogP contribution in [0.3, 0.4) is 0 Å². The summed E-state index contributed by atoms with van der Waals surface area (Å²) in [5.74, 6) is 0.882. The summed E-state index contributed by atoms with van der Waals surface area (Å²) in [5, 5.41) is 2.94. The van der Waals surface area contributed by atoms with Gasteiger partial charge in [-0.3, -0.25) is 4.79 Å². The smallest absolute Gasteiger partial charge is 0.254 e. The third-order valence-corrected chi connectivity index (χ3v) is 4.18. The van der Waals surface area contributed by atoms with Gasteiger partial charge in [0.25, 0.3) is 5.91 Å². The Labute approximate surface area is 148 Å². The number of carbonyl (C=O) groups is 1. The van der Waals surface area contributed by atoms with E-state index in [2.05, 4.69) is 34.3 Å². The normalized spacial score (nSPS) is 11.7. The standard InChI is InChI=1S/C21H21N3O/c1-16(17-8-4-2-5-9-17)12-13-22-21(25)19-14-23-20(24-15-19)18-10-6-3-7-11-18/h2-11,14-16H,12-13H2,1H3,(H,22,25). The summed E-state index contributed by atoms with van der Waals surface area (Å²) in [6.07, 6.45) is 4.04. The van der Waals surface area contributed by atoms with Gasteiger partial charge in [0.1, 0.15) is 0 Å². The van der Waals surface area contributed by atoms with E-state index in [1.165, 1.54) is 5.56 Å². The molecule has 3 rings (SSSR count). The third-order valence-electron chi connectivity index (χ3n) is 4.18. The Morgan fingerprint density at radius 3 is 2.20 bits per heavy atom. The summed E-state index contributed by atoms with van der Waals surface area (Å²) >= 11 is 0. The van der Waals surface area contributed by atoms with E-state index in [0.717, 1.165) is 12.0 Å². The molecule has 3 aromatic rings. The summed E-state index contributed by atoms with van der Waals surface area (Å²) in [6, 6.07) is 20.0. The van der Waals surface area contributed by atoms with E-state index in [9.17, 15) is 4.79 Å². The van der Waals surface area contributed by atoms with Crippen molar-refractivity contribution in [2.24, 2.45) is 0 Å². The van der Waals surface area contributed by atoms with Crippen LogP contribution >= 0.6 is 0 Å². The minimum atomic E-state index is -0.139. The summed E-state index contributed by atoms with van der Waals surface area (Å²) in [6.45, 7) is 2.79. The quantitative estimate of drug-likeness (QED) is 0.741. The lowest BCUT2D eigenvalue weighted by Crippen LogP contribution is -2.25. The first kappa shape index (κ1) is 16.8. The molecule has 1 N–H and O–H groups in total. The molecule has 4 nitrogen and oxygen atoms in total. The molecule has 1 aromatic heterocycles. The van der Waals surface area contributed by atoms with Crippen molar-refractivity contribution in [2.45, 2.75) is 19.3 Å². The maximum absolute atomic E-state index is 12.2. The number of hydrogen-bond acceptors (Lipinski definition) is 3. The maximum atomic E-state index is 12.2. The van der Waals surface area contributed by atoms with E-state index >= 15 is 0 Å². The van der Waals surface area contributed by atoms with Crippen molar-refractivity contribution in [3.05, 3.63) is 84.2 Å². The Kier molecular flexibility index (Phi) is 5.52. The molecule has 0 saturated heterocycles. The van der Waals surface area contributed by atoms with Crippen molar-refractivity contribution >= 4 is 5.91 Å². The molecule has 25 heavy (non-hydrogen) atoms. The van der Waals surface area contributed by atoms with Gasteiger partial charge in [-0.25, -0.2) is 9.97 Å². The van der Waals surface area contributed by atoms with E-state index in [1.54, 1.807) is 12.4 Å². The molecule has 0 fully saturated rings. The summed E-state index contributed by atoms with van der Waals surface area (Å²) in [7, 11) is 0. The number of rotatable bonds is 6. The van der Waals surface area contributed by atoms with Gasteiger partial charge in [-0.05, 0) is 17.9 Å². The second kappa shape index (κ2) is 8.20. The lowest BCUT2D eigenvalue weighted by Gasteiger charge is -2.12. The van der Waals surface area contributed by atoms with E-state index < -0.39 is 0 Å². The fraction of sp³-hybridized carbons (Fsp3) is 0.190. The lowest BCUT2D eigenvalue weighted by molar-refractivity contribution is 0.0952. The Morgan fingerprint density at radius 2 is 1.56 bits per heavy atom. The van der Waals surface area contributed by atoms with Crippen LogP contribution in [0.4, 0.5) is 0 Å². The number of aromatic nitrogens is 2. The fourth-order valence-electron chi connectivity index (χ4n) is 2.63. The largest absolute Gasteiger partial charge is 0.352 e. The van der Waals surface area contributed by atoms with Gasteiger partial charge in [0.2, 0.25) is 0 Å². The summed E-state index contributed by atoms with van der Waals surface area (Å²) in [5.41, 5.74) is 2.70. The first-order valence-corrected chi connectivity index (χ1v) is 8.44. The Morgan fingerprint density at radius 1 is 0.960 bits per heavy atom. The number of carbonyl (C=O) groups excluding carboxylic acids is 1. The van der Waals surface area contributed by atoms with Crippen LogP contribution in [0.15, 0.2) is 73.1 Å². The van der Waals surface area contributed by atoms with Gasteiger partial charge in [0, 0.05) is 24.5 Å². The monoisotopic (exact) mass is 331 g/mol. The highest BCUT2D eigenvalue weighted by Crippen LogP contribution is 2.17. The van der Waals surface area contributed by atoms with Crippen LogP contribution in [-0.4, -0.2) is 22.4 Å². The predicted octanol–water partition coefficient (Wildman–Crippen LogP) is 4.07. The van der Waals surface area contributed by atoms with Crippen molar-refractivity contribution in [3.63, 3.8) is 0 Å². The van der Waals surface area contributed by atoms with E-state index in [1.807, 2.05) is 48.5 Å². The molecule has 0 aliphatic heterocycles. The fourth-order valence-corrected chi connectivity index (χ4v) is 2.63. The van der Waals surface area contributed by atoms with Gasteiger partial charge < -0.3 is 5.32 Å². The van der Waals surface area contributed by atoms with Gasteiger partial charge >= 0.3 is 0 Å². The number of hydrogen-bond donors (Lipinski definition) is 1. The van der Waals surface area contributed by atoms with Crippen LogP contribution in [0, 0.1) is 0 Å². The van der Waals surface area contributed by atoms with Crippen LogP contribution in [0.5, 0.6) is 0 Å². The van der Waals surface area contributed by atoms with E-state index in [4.69, 9.17) is 0 Å². The molecule has 126 valence electrons. The van der Waals surface area contributed by atoms with Crippen molar-refractivity contribution in [1.29, 1.82) is 0 Å². The molecule has 1 unspecified atom stereocenters. The number of benzene rings is 2. The predicted molar refractivity (Wildman–Crippen MR) is 99.3 cm³/mol. The Hall–Kier alpha value is -3.01. The molecule has 1 atom stereocenters. The molecular formula is C21H21N3O. The molecule has 0 radical (unpaired) electrons. The third kappa shape index (κ3) is 4.51. The lowest BCUT2D eigenvalue weighted by atomic mass is 9.98. The molecule has 0 spiro atoms. The molecule has 1 amide bonds. The highest BCUT2D eigenvalue weighted by Gasteiger charge is 2.09. The highest BCUT2D eigenvalue weighted by atomic mass is 16.1. The van der Waals surface area contributed by atoms with Gasteiger partial charge in [-0.15, -0.1) is 0 Å². The van der Waals surface area contributed by atoms with Gasteiger partial charge in [0.05, 0.1) is 5.56 Å².